The van der Waals surface area contributed by atoms with Gasteiger partial charge in [-0.25, -0.2) is 4.79 Å². The Morgan fingerprint density at radius 2 is 2.00 bits per heavy atom. The van der Waals surface area contributed by atoms with Crippen molar-refractivity contribution in [2.45, 2.75) is 20.8 Å². The zero-order valence-electron chi connectivity index (χ0n) is 10.9. The van der Waals surface area contributed by atoms with E-state index in [9.17, 15) is 9.59 Å². The molecule has 0 aromatic carbocycles. The predicted molar refractivity (Wildman–Crippen MR) is 63.9 cm³/mol. The van der Waals surface area contributed by atoms with E-state index in [2.05, 4.69) is 5.32 Å². The second-order valence-corrected chi connectivity index (χ2v) is 4.42. The van der Waals surface area contributed by atoms with Gasteiger partial charge in [0.05, 0.1) is 12.0 Å². The van der Waals surface area contributed by atoms with E-state index >= 15 is 0 Å². The lowest BCUT2D eigenvalue weighted by Crippen LogP contribution is -2.46. The number of amides is 2. The Hall–Kier alpha value is -1.30. The highest BCUT2D eigenvalue weighted by Gasteiger charge is 2.28. The van der Waals surface area contributed by atoms with Gasteiger partial charge in [0.15, 0.2) is 0 Å². The van der Waals surface area contributed by atoms with E-state index < -0.39 is 11.4 Å². The molecule has 0 atom stereocenters. The van der Waals surface area contributed by atoms with Gasteiger partial charge in [-0.1, -0.05) is 0 Å². The minimum absolute atomic E-state index is 0.102. The maximum absolute atomic E-state index is 11.7. The third-order valence-electron chi connectivity index (χ3n) is 2.49. The number of carbonyl (C=O) groups excluding carboxylic acids is 1. The summed E-state index contributed by atoms with van der Waals surface area (Å²) in [5.41, 5.74) is -0.962. The van der Waals surface area contributed by atoms with Crippen LogP contribution in [0.5, 0.6) is 0 Å². The number of hydrogen-bond acceptors (Lipinski definition) is 3. The average molecular weight is 246 g/mol. The molecule has 0 aromatic heterocycles. The highest BCUT2D eigenvalue weighted by molar-refractivity contribution is 5.77. The number of aliphatic carboxylic acids is 1. The fourth-order valence-corrected chi connectivity index (χ4v) is 1.09. The van der Waals surface area contributed by atoms with Crippen LogP contribution >= 0.6 is 0 Å². The third kappa shape index (κ3) is 5.53. The van der Waals surface area contributed by atoms with Crippen molar-refractivity contribution in [3.05, 3.63) is 0 Å². The van der Waals surface area contributed by atoms with Crippen molar-refractivity contribution in [1.29, 1.82) is 0 Å². The van der Waals surface area contributed by atoms with Crippen LogP contribution in [0.3, 0.4) is 0 Å². The summed E-state index contributed by atoms with van der Waals surface area (Å²) in [4.78, 5) is 24.1. The van der Waals surface area contributed by atoms with Crippen molar-refractivity contribution in [2.75, 3.05) is 33.4 Å². The van der Waals surface area contributed by atoms with Crippen molar-refractivity contribution in [3.63, 3.8) is 0 Å². The predicted octanol–water partition coefficient (Wildman–Crippen LogP) is 0.775. The molecule has 0 radical (unpaired) electrons. The Kier molecular flexibility index (Phi) is 6.57. The highest BCUT2D eigenvalue weighted by Crippen LogP contribution is 2.13. The smallest absolute Gasteiger partial charge is 0.317 e. The number of carboxylic acid groups (broad SMARTS) is 1. The molecule has 6 heteroatoms. The molecule has 2 amide bonds. The van der Waals surface area contributed by atoms with Crippen molar-refractivity contribution in [3.8, 4) is 0 Å². The fraction of sp³-hybridized carbons (Fsp3) is 0.818. The van der Waals surface area contributed by atoms with Crippen LogP contribution in [-0.2, 0) is 9.53 Å². The van der Waals surface area contributed by atoms with Crippen LogP contribution in [0.2, 0.25) is 0 Å². The number of urea groups is 1. The molecule has 0 aliphatic heterocycles. The molecule has 100 valence electrons. The van der Waals surface area contributed by atoms with Crippen LogP contribution in [0.15, 0.2) is 0 Å². The van der Waals surface area contributed by atoms with Crippen LogP contribution < -0.4 is 5.32 Å². The number of hydrogen-bond donors (Lipinski definition) is 2. The molecule has 0 saturated heterocycles. The Morgan fingerprint density at radius 1 is 1.41 bits per heavy atom. The van der Waals surface area contributed by atoms with Gasteiger partial charge in [0.2, 0.25) is 0 Å². The maximum Gasteiger partial charge on any atom is 0.317 e. The van der Waals surface area contributed by atoms with E-state index in [4.69, 9.17) is 9.84 Å². The first-order chi connectivity index (χ1) is 7.85. The van der Waals surface area contributed by atoms with Crippen LogP contribution in [0.1, 0.15) is 20.8 Å². The standard InChI is InChI=1S/C11H22N2O4/c1-5-13(6-7-17-4)10(16)12-8-11(2,3)9(14)15/h5-8H2,1-4H3,(H,12,16)(H,14,15). The molecule has 0 aliphatic carbocycles. The number of methoxy groups -OCH3 is 1. The van der Waals surface area contributed by atoms with Gasteiger partial charge in [-0.05, 0) is 20.8 Å². The monoisotopic (exact) mass is 246 g/mol. The van der Waals surface area contributed by atoms with Gasteiger partial charge in [-0.3, -0.25) is 4.79 Å². The molecule has 2 N–H and O–H groups in total. The zero-order valence-corrected chi connectivity index (χ0v) is 10.9. The summed E-state index contributed by atoms with van der Waals surface area (Å²) in [5.74, 6) is -0.933. The minimum atomic E-state index is -0.962. The summed E-state index contributed by atoms with van der Waals surface area (Å²) < 4.78 is 4.89. The lowest BCUT2D eigenvalue weighted by atomic mass is 9.94. The molecule has 0 aliphatic rings. The normalized spacial score (nSPS) is 11.1. The molecule has 0 fully saturated rings. The lowest BCUT2D eigenvalue weighted by molar-refractivity contribution is -0.146. The van der Waals surface area contributed by atoms with Gasteiger partial charge < -0.3 is 20.1 Å². The van der Waals surface area contributed by atoms with Crippen molar-refractivity contribution < 1.29 is 19.4 Å². The minimum Gasteiger partial charge on any atom is -0.481 e. The number of rotatable bonds is 7. The topological polar surface area (TPSA) is 78.9 Å². The average Bonchev–Trinajstić information content (AvgIpc) is 2.27. The van der Waals surface area contributed by atoms with E-state index in [1.807, 2.05) is 6.92 Å². The van der Waals surface area contributed by atoms with Crippen LogP contribution in [0.25, 0.3) is 0 Å². The number of nitrogens with zero attached hydrogens (tertiary/aromatic N) is 1. The summed E-state index contributed by atoms with van der Waals surface area (Å²) in [7, 11) is 1.57. The van der Waals surface area contributed by atoms with Crippen LogP contribution in [0, 0.1) is 5.41 Å². The van der Waals surface area contributed by atoms with E-state index in [-0.39, 0.29) is 12.6 Å². The van der Waals surface area contributed by atoms with E-state index in [0.29, 0.717) is 19.7 Å². The Labute approximate surface area is 102 Å². The van der Waals surface area contributed by atoms with E-state index in [1.54, 1.807) is 25.9 Å². The van der Waals surface area contributed by atoms with Gasteiger partial charge in [-0.2, -0.15) is 0 Å². The molecule has 0 unspecified atom stereocenters. The number of carboxylic acids is 1. The molecule has 0 heterocycles. The van der Waals surface area contributed by atoms with E-state index in [0.717, 1.165) is 0 Å². The number of carbonyl (C=O) groups is 2. The highest BCUT2D eigenvalue weighted by atomic mass is 16.5. The van der Waals surface area contributed by atoms with Crippen molar-refractivity contribution >= 4 is 12.0 Å². The van der Waals surface area contributed by atoms with Crippen molar-refractivity contribution in [1.82, 2.24) is 10.2 Å². The number of likely N-dealkylation sites (N-methyl/N-ethyl adjacent to an activating group) is 1. The summed E-state index contributed by atoms with van der Waals surface area (Å²) in [6.45, 7) is 6.61. The molecule has 0 rings (SSSR count). The molecule has 0 bridgehead atoms. The molecule has 0 aromatic rings. The van der Waals surface area contributed by atoms with Gasteiger partial charge in [0, 0.05) is 26.7 Å². The van der Waals surface area contributed by atoms with Gasteiger partial charge in [-0.15, -0.1) is 0 Å². The second kappa shape index (κ2) is 7.11. The first-order valence-corrected chi connectivity index (χ1v) is 5.60. The summed E-state index contributed by atoms with van der Waals surface area (Å²) in [6.07, 6.45) is 0. The third-order valence-corrected chi connectivity index (χ3v) is 2.49. The summed E-state index contributed by atoms with van der Waals surface area (Å²) >= 11 is 0. The van der Waals surface area contributed by atoms with Crippen molar-refractivity contribution in [2.24, 2.45) is 5.41 Å². The largest absolute Gasteiger partial charge is 0.481 e. The number of ether oxygens (including phenoxy) is 1. The van der Waals surface area contributed by atoms with E-state index in [1.165, 1.54) is 0 Å². The van der Waals surface area contributed by atoms with Crippen LogP contribution in [0.4, 0.5) is 4.79 Å². The molecular weight excluding hydrogens is 224 g/mol. The van der Waals surface area contributed by atoms with Crippen LogP contribution in [-0.4, -0.2) is 55.4 Å². The molecule has 0 spiro atoms. The summed E-state index contributed by atoms with van der Waals surface area (Å²) in [6, 6.07) is -0.265. The van der Waals surface area contributed by atoms with Gasteiger partial charge in [0.1, 0.15) is 0 Å². The molecule has 0 saturated carbocycles. The first kappa shape index (κ1) is 15.7. The zero-order chi connectivity index (χ0) is 13.5. The molecule has 17 heavy (non-hydrogen) atoms. The molecular formula is C11H22N2O4. The Morgan fingerprint density at radius 3 is 2.41 bits per heavy atom. The van der Waals surface area contributed by atoms with Gasteiger partial charge >= 0.3 is 12.0 Å². The lowest BCUT2D eigenvalue weighted by Gasteiger charge is -2.24. The SMILES string of the molecule is CCN(CCOC)C(=O)NCC(C)(C)C(=O)O. The summed E-state index contributed by atoms with van der Waals surface area (Å²) in [5, 5.41) is 11.5. The Bertz CT molecular complexity index is 266. The maximum atomic E-state index is 11.7. The quantitative estimate of drug-likeness (QED) is 0.695. The fourth-order valence-electron chi connectivity index (χ4n) is 1.09. The molecule has 6 nitrogen and oxygen atoms in total. The first-order valence-electron chi connectivity index (χ1n) is 5.60. The second-order valence-electron chi connectivity index (χ2n) is 4.42. The number of nitrogens with one attached hydrogen (secondary N) is 1. The van der Waals surface area contributed by atoms with Gasteiger partial charge in [0.25, 0.3) is 0 Å². The Balaban J connectivity index is 4.19.